The van der Waals surface area contributed by atoms with E-state index in [0.29, 0.717) is 13.1 Å². The molecule has 1 N–H and O–H groups in total. The second kappa shape index (κ2) is 9.12. The molecule has 120 valence electrons. The molecule has 0 radical (unpaired) electrons. The lowest BCUT2D eigenvalue weighted by atomic mass is 10.2. The highest BCUT2D eigenvalue weighted by atomic mass is 32.2. The van der Waals surface area contributed by atoms with E-state index < -0.39 is 10.0 Å². The minimum absolute atomic E-state index is 0.126. The molecule has 1 aromatic rings. The van der Waals surface area contributed by atoms with E-state index in [1.165, 1.54) is 4.31 Å². The van der Waals surface area contributed by atoms with E-state index >= 15 is 0 Å². The summed E-state index contributed by atoms with van der Waals surface area (Å²) in [6, 6.07) is 3.41. The van der Waals surface area contributed by atoms with E-state index in [1.807, 2.05) is 6.07 Å². The van der Waals surface area contributed by atoms with Crippen LogP contribution in [0.1, 0.15) is 45.1 Å². The third-order valence-electron chi connectivity index (χ3n) is 3.30. The monoisotopic (exact) mass is 313 g/mol. The van der Waals surface area contributed by atoms with Gasteiger partial charge in [-0.15, -0.1) is 0 Å². The van der Waals surface area contributed by atoms with Crippen molar-refractivity contribution in [2.45, 2.75) is 51.1 Å². The molecule has 5 nitrogen and oxygen atoms in total. The summed E-state index contributed by atoms with van der Waals surface area (Å²) in [6.07, 6.45) is 5.70. The highest BCUT2D eigenvalue weighted by Crippen LogP contribution is 2.13. The van der Waals surface area contributed by atoms with Crippen molar-refractivity contribution in [2.24, 2.45) is 0 Å². The maximum atomic E-state index is 12.3. The second-order valence-electron chi connectivity index (χ2n) is 5.22. The molecule has 0 saturated carbocycles. The molecule has 0 aromatic carbocycles. The van der Waals surface area contributed by atoms with Gasteiger partial charge < -0.3 is 5.32 Å². The molecule has 6 heteroatoms. The van der Waals surface area contributed by atoms with Gasteiger partial charge in [0.25, 0.3) is 10.0 Å². The highest BCUT2D eigenvalue weighted by Gasteiger charge is 2.21. The van der Waals surface area contributed by atoms with Crippen LogP contribution in [-0.4, -0.2) is 37.8 Å². The molecule has 0 aliphatic carbocycles. The Hall–Kier alpha value is -0.980. The quantitative estimate of drug-likeness (QED) is 0.674. The van der Waals surface area contributed by atoms with Gasteiger partial charge in [-0.3, -0.25) is 0 Å². The van der Waals surface area contributed by atoms with Gasteiger partial charge in [-0.2, -0.15) is 4.31 Å². The summed E-state index contributed by atoms with van der Waals surface area (Å²) in [6.45, 7) is 6.40. The molecule has 0 bridgehead atoms. The predicted octanol–water partition coefficient (Wildman–Crippen LogP) is 2.39. The number of hydrogen-bond donors (Lipinski definition) is 1. The Morgan fingerprint density at radius 3 is 2.52 bits per heavy atom. The number of unbranched alkanes of at least 4 members (excludes halogenated alkanes) is 2. The van der Waals surface area contributed by atoms with Gasteiger partial charge in [-0.25, -0.2) is 13.4 Å². The molecule has 0 aliphatic heterocycles. The van der Waals surface area contributed by atoms with Crippen LogP contribution >= 0.6 is 0 Å². The van der Waals surface area contributed by atoms with Crippen molar-refractivity contribution < 1.29 is 8.42 Å². The number of nitrogens with one attached hydrogen (secondary N) is 1. The molecular formula is C15H27N3O2S. The first-order chi connectivity index (χ1) is 10.0. The fraction of sp³-hybridized carbons (Fsp3) is 0.667. The standard InChI is InChI=1S/C15H27N3O2S/c1-4-6-7-11-18(3)21(19,20)15-9-8-14(13-17-15)12-16-10-5-2/h8-9,13,16H,4-7,10-12H2,1-3H3. The summed E-state index contributed by atoms with van der Waals surface area (Å²) in [5.74, 6) is 0. The summed E-state index contributed by atoms with van der Waals surface area (Å²) >= 11 is 0. The van der Waals surface area contributed by atoms with E-state index in [0.717, 1.165) is 37.8 Å². The molecule has 1 heterocycles. The fourth-order valence-corrected chi connectivity index (χ4v) is 3.06. The Morgan fingerprint density at radius 2 is 1.95 bits per heavy atom. The Morgan fingerprint density at radius 1 is 1.19 bits per heavy atom. The lowest BCUT2D eigenvalue weighted by molar-refractivity contribution is 0.452. The minimum Gasteiger partial charge on any atom is -0.313 e. The number of pyridine rings is 1. The largest absolute Gasteiger partial charge is 0.313 e. The predicted molar refractivity (Wildman–Crippen MR) is 85.6 cm³/mol. The average molecular weight is 313 g/mol. The molecule has 0 atom stereocenters. The lowest BCUT2D eigenvalue weighted by Gasteiger charge is -2.16. The first kappa shape index (κ1) is 18.1. The Kier molecular flexibility index (Phi) is 7.85. The smallest absolute Gasteiger partial charge is 0.260 e. The molecule has 0 spiro atoms. The number of rotatable bonds is 10. The van der Waals surface area contributed by atoms with E-state index in [1.54, 1.807) is 19.3 Å². The van der Waals surface area contributed by atoms with Crippen LogP contribution in [0.2, 0.25) is 0 Å². The van der Waals surface area contributed by atoms with Crippen LogP contribution < -0.4 is 5.32 Å². The van der Waals surface area contributed by atoms with Crippen molar-refractivity contribution in [3.05, 3.63) is 23.9 Å². The van der Waals surface area contributed by atoms with Crippen molar-refractivity contribution in [3.8, 4) is 0 Å². The molecule has 1 rings (SSSR count). The zero-order valence-electron chi connectivity index (χ0n) is 13.3. The van der Waals surface area contributed by atoms with E-state index in [4.69, 9.17) is 0 Å². The molecule has 0 fully saturated rings. The van der Waals surface area contributed by atoms with Crippen molar-refractivity contribution in [1.29, 1.82) is 0 Å². The van der Waals surface area contributed by atoms with Crippen LogP contribution in [-0.2, 0) is 16.6 Å². The number of nitrogens with zero attached hydrogens (tertiary/aromatic N) is 2. The minimum atomic E-state index is -3.46. The van der Waals surface area contributed by atoms with Gasteiger partial charge in [0.2, 0.25) is 0 Å². The highest BCUT2D eigenvalue weighted by molar-refractivity contribution is 7.89. The summed E-state index contributed by atoms with van der Waals surface area (Å²) in [4.78, 5) is 4.11. The fourth-order valence-electron chi connectivity index (χ4n) is 1.94. The van der Waals surface area contributed by atoms with Gasteiger partial charge in [0.1, 0.15) is 0 Å². The number of aromatic nitrogens is 1. The third-order valence-corrected chi connectivity index (χ3v) is 5.08. The van der Waals surface area contributed by atoms with Crippen molar-refractivity contribution in [2.75, 3.05) is 20.1 Å². The van der Waals surface area contributed by atoms with Crippen LogP contribution in [0.15, 0.2) is 23.4 Å². The van der Waals surface area contributed by atoms with Crippen molar-refractivity contribution in [1.82, 2.24) is 14.6 Å². The van der Waals surface area contributed by atoms with Crippen molar-refractivity contribution in [3.63, 3.8) is 0 Å². The van der Waals surface area contributed by atoms with Crippen LogP contribution in [0.4, 0.5) is 0 Å². The number of sulfonamides is 1. The normalized spacial score (nSPS) is 12.0. The molecule has 0 amide bonds. The maximum absolute atomic E-state index is 12.3. The molecular weight excluding hydrogens is 286 g/mol. The Bertz CT molecular complexity index is 500. The summed E-state index contributed by atoms with van der Waals surface area (Å²) < 4.78 is 26.1. The SMILES string of the molecule is CCCCCN(C)S(=O)(=O)c1ccc(CNCCC)cn1. The van der Waals surface area contributed by atoms with E-state index in [2.05, 4.69) is 24.1 Å². The number of hydrogen-bond acceptors (Lipinski definition) is 4. The van der Waals surface area contributed by atoms with Gasteiger partial charge in [-0.1, -0.05) is 32.8 Å². The van der Waals surface area contributed by atoms with Crippen LogP contribution in [0.3, 0.4) is 0 Å². The molecule has 0 saturated heterocycles. The first-order valence-electron chi connectivity index (χ1n) is 7.64. The molecule has 0 aliphatic rings. The Balaban J connectivity index is 2.66. The van der Waals surface area contributed by atoms with Crippen LogP contribution in [0.25, 0.3) is 0 Å². The van der Waals surface area contributed by atoms with Crippen molar-refractivity contribution >= 4 is 10.0 Å². The lowest BCUT2D eigenvalue weighted by Crippen LogP contribution is -2.28. The first-order valence-corrected chi connectivity index (χ1v) is 9.08. The van der Waals surface area contributed by atoms with Crippen LogP contribution in [0.5, 0.6) is 0 Å². The Labute approximate surface area is 128 Å². The van der Waals surface area contributed by atoms with E-state index in [9.17, 15) is 8.42 Å². The topological polar surface area (TPSA) is 62.3 Å². The van der Waals surface area contributed by atoms with Gasteiger partial charge in [0.05, 0.1) is 0 Å². The van der Waals surface area contributed by atoms with Gasteiger partial charge in [-0.05, 0) is 31.0 Å². The van der Waals surface area contributed by atoms with E-state index in [-0.39, 0.29) is 5.03 Å². The van der Waals surface area contributed by atoms with Crippen LogP contribution in [0, 0.1) is 0 Å². The van der Waals surface area contributed by atoms with Gasteiger partial charge in [0.15, 0.2) is 5.03 Å². The zero-order chi connectivity index (χ0) is 15.7. The molecule has 0 unspecified atom stereocenters. The van der Waals surface area contributed by atoms with Gasteiger partial charge >= 0.3 is 0 Å². The molecule has 1 aromatic heterocycles. The summed E-state index contributed by atoms with van der Waals surface area (Å²) in [5.41, 5.74) is 0.996. The zero-order valence-corrected chi connectivity index (χ0v) is 14.1. The average Bonchev–Trinajstić information content (AvgIpc) is 2.48. The summed E-state index contributed by atoms with van der Waals surface area (Å²) in [7, 11) is -1.85. The summed E-state index contributed by atoms with van der Waals surface area (Å²) in [5, 5.41) is 3.39. The van der Waals surface area contributed by atoms with Gasteiger partial charge in [0, 0.05) is 26.3 Å². The third kappa shape index (κ3) is 5.73. The second-order valence-corrected chi connectivity index (χ2v) is 7.21. The maximum Gasteiger partial charge on any atom is 0.260 e. The molecule has 21 heavy (non-hydrogen) atoms.